The van der Waals surface area contributed by atoms with Crippen LogP contribution < -0.4 is 5.32 Å². The van der Waals surface area contributed by atoms with Crippen LogP contribution in [-0.4, -0.2) is 69.0 Å². The van der Waals surface area contributed by atoms with E-state index < -0.39 is 9.84 Å². The Bertz CT molecular complexity index is 1670. The normalized spacial score (nSPS) is 41.4. The molecule has 1 aliphatic heterocycles. The molecule has 8 heteroatoms. The van der Waals surface area contributed by atoms with Crippen molar-refractivity contribution in [2.75, 3.05) is 38.2 Å². The van der Waals surface area contributed by atoms with Gasteiger partial charge in [-0.2, -0.15) is 0 Å². The first kappa shape index (κ1) is 37.1. The van der Waals surface area contributed by atoms with Gasteiger partial charge in [-0.05, 0) is 138 Å². The van der Waals surface area contributed by atoms with Crippen molar-refractivity contribution in [2.24, 2.45) is 57.2 Å². The molecule has 7 nitrogen and oxygen atoms in total. The van der Waals surface area contributed by atoms with E-state index in [0.717, 1.165) is 25.7 Å². The van der Waals surface area contributed by atoms with Crippen LogP contribution in [0.15, 0.2) is 30.3 Å². The maximum atomic E-state index is 13.8. The Labute approximate surface area is 308 Å². The highest BCUT2D eigenvalue weighted by atomic mass is 32.2. The Morgan fingerprint density at radius 2 is 1.57 bits per heavy atom. The number of carbonyl (C=O) groups excluding carboxylic acids is 2. The zero-order chi connectivity index (χ0) is 36.8. The van der Waals surface area contributed by atoms with Gasteiger partial charge in [-0.1, -0.05) is 66.7 Å². The fourth-order valence-electron chi connectivity index (χ4n) is 14.0. The number of rotatable bonds is 6. The molecule has 1 aromatic rings. The van der Waals surface area contributed by atoms with Gasteiger partial charge in [0.25, 0.3) is 0 Å². The summed E-state index contributed by atoms with van der Waals surface area (Å²) in [5.74, 6) is 3.56. The number of fused-ring (bicyclic) bond motifs is 7. The number of amides is 1. The van der Waals surface area contributed by atoms with Crippen LogP contribution in [0.25, 0.3) is 5.57 Å². The highest BCUT2D eigenvalue weighted by molar-refractivity contribution is 7.91. The van der Waals surface area contributed by atoms with E-state index >= 15 is 0 Å². The third-order valence-corrected chi connectivity index (χ3v) is 18.3. The lowest BCUT2D eigenvalue weighted by Crippen LogP contribution is -2.68. The lowest BCUT2D eigenvalue weighted by Gasteiger charge is -2.72. The molecule has 5 fully saturated rings. The molecule has 0 aromatic heterocycles. The summed E-state index contributed by atoms with van der Waals surface area (Å²) in [6.45, 7) is 18.9. The van der Waals surface area contributed by atoms with Crippen molar-refractivity contribution in [3.63, 3.8) is 0 Å². The third kappa shape index (κ3) is 5.77. The average molecular weight is 721 g/mol. The van der Waals surface area contributed by atoms with Crippen molar-refractivity contribution in [1.82, 2.24) is 10.2 Å². The smallest absolute Gasteiger partial charge is 0.337 e. The Kier molecular flexibility index (Phi) is 9.25. The van der Waals surface area contributed by atoms with Gasteiger partial charge in [-0.25, -0.2) is 13.2 Å². The number of hydrogen-bond acceptors (Lipinski definition) is 6. The van der Waals surface area contributed by atoms with E-state index in [1.807, 2.05) is 17.0 Å². The summed E-state index contributed by atoms with van der Waals surface area (Å²) in [6.07, 6.45) is 13.1. The van der Waals surface area contributed by atoms with Crippen LogP contribution in [-0.2, 0) is 19.4 Å². The number of esters is 1. The van der Waals surface area contributed by atoms with Crippen molar-refractivity contribution < 1.29 is 22.7 Å². The number of carbonyl (C=O) groups is 2. The van der Waals surface area contributed by atoms with E-state index in [0.29, 0.717) is 60.7 Å². The van der Waals surface area contributed by atoms with Gasteiger partial charge < -0.3 is 10.1 Å². The van der Waals surface area contributed by atoms with E-state index in [9.17, 15) is 18.0 Å². The molecule has 2 unspecified atom stereocenters. The summed E-state index contributed by atoms with van der Waals surface area (Å²) in [4.78, 5) is 28.0. The Morgan fingerprint density at radius 1 is 0.882 bits per heavy atom. The van der Waals surface area contributed by atoms with Gasteiger partial charge >= 0.3 is 5.97 Å². The van der Waals surface area contributed by atoms with Gasteiger partial charge in [-0.3, -0.25) is 9.69 Å². The van der Waals surface area contributed by atoms with Crippen molar-refractivity contribution in [3.8, 4) is 0 Å². The molecule has 51 heavy (non-hydrogen) atoms. The zero-order valence-electron chi connectivity index (χ0n) is 32.6. The van der Waals surface area contributed by atoms with Crippen LogP contribution in [0.4, 0.5) is 0 Å². The van der Waals surface area contributed by atoms with Crippen LogP contribution in [0.2, 0.25) is 0 Å². The number of allylic oxidation sites excluding steroid dienone is 2. The molecule has 9 atom stereocenters. The van der Waals surface area contributed by atoms with Gasteiger partial charge in [0, 0.05) is 18.6 Å². The number of benzene rings is 1. The van der Waals surface area contributed by atoms with E-state index in [-0.39, 0.29) is 50.6 Å². The molecule has 1 aromatic carbocycles. The van der Waals surface area contributed by atoms with E-state index in [2.05, 4.69) is 72.0 Å². The number of sulfone groups is 1. The Hall–Kier alpha value is -2.19. The maximum Gasteiger partial charge on any atom is 0.337 e. The molecule has 0 radical (unpaired) electrons. The first-order valence-corrected chi connectivity index (χ1v) is 21.9. The maximum absolute atomic E-state index is 13.8. The summed E-state index contributed by atoms with van der Waals surface area (Å²) in [5, 5.41) is 3.72. The Balaban J connectivity index is 1.15. The third-order valence-electron chi connectivity index (χ3n) is 16.7. The van der Waals surface area contributed by atoms with Crippen LogP contribution in [0, 0.1) is 57.2 Å². The predicted molar refractivity (Wildman–Crippen MR) is 204 cm³/mol. The highest BCUT2D eigenvalue weighted by Gasteiger charge is 2.70. The lowest BCUT2D eigenvalue weighted by atomic mass is 9.33. The van der Waals surface area contributed by atoms with Crippen molar-refractivity contribution >= 4 is 27.3 Å². The molecule has 0 bridgehead atoms. The number of methoxy groups -OCH3 is 1. The summed E-state index contributed by atoms with van der Waals surface area (Å²) in [7, 11) is -1.54. The Morgan fingerprint density at radius 3 is 2.22 bits per heavy atom. The van der Waals surface area contributed by atoms with E-state index in [1.54, 1.807) is 0 Å². The minimum Gasteiger partial charge on any atom is -0.465 e. The van der Waals surface area contributed by atoms with E-state index in [1.165, 1.54) is 50.4 Å². The van der Waals surface area contributed by atoms with Gasteiger partial charge in [0.2, 0.25) is 5.91 Å². The molecule has 7 rings (SSSR count). The minimum atomic E-state index is -2.98. The molecule has 282 valence electrons. The molecular formula is C43H64N2O5S. The number of ether oxygens (including phenoxy) is 1. The first-order chi connectivity index (χ1) is 23.9. The van der Waals surface area contributed by atoms with Gasteiger partial charge in [0.1, 0.15) is 0 Å². The molecule has 5 aliphatic carbocycles. The van der Waals surface area contributed by atoms with Crippen molar-refractivity contribution in [2.45, 2.75) is 112 Å². The van der Waals surface area contributed by atoms with Crippen molar-refractivity contribution in [3.05, 3.63) is 41.5 Å². The quantitative estimate of drug-likeness (QED) is 0.302. The second kappa shape index (κ2) is 12.7. The second-order valence-corrected chi connectivity index (χ2v) is 21.7. The lowest BCUT2D eigenvalue weighted by molar-refractivity contribution is -0.221. The molecule has 0 spiro atoms. The standard InChI is InChI=1S/C43H64N2O5S/c1-28(2)31-15-20-43(44-36(46)27-45-23-25-51(48,49)26-24-45)22-21-41(6)33(37(31)43)13-14-35-40(5)18-16-32(29-9-11-30(12-10-29)38(47)50-8)39(3,4)34(40)17-19-42(35,41)7/h9-12,16,28,31,33-35,37H,13-15,17-27H2,1-8H3,(H,44,46)/t31-,33?,34-,35+,37+,40-,41+,42+,43?/m0/s1. The molecule has 1 N–H and O–H groups in total. The summed E-state index contributed by atoms with van der Waals surface area (Å²) in [6, 6.07) is 8.04. The predicted octanol–water partition coefficient (Wildman–Crippen LogP) is 7.80. The number of nitrogens with zero attached hydrogens (tertiary/aromatic N) is 1. The molecular weight excluding hydrogens is 657 g/mol. The van der Waals surface area contributed by atoms with E-state index in [4.69, 9.17) is 4.74 Å². The SMILES string of the molecule is COC(=O)c1ccc(C2=CC[C@]3(C)[C@H]4CCC5[C@H]6[C@H](C(C)C)CCC6(NC(=O)CN6CCS(=O)(=O)CC6)CC[C@@]5(C)[C@]4(C)CC[C@H]3C2(C)C)cc1. The van der Waals surface area contributed by atoms with Crippen molar-refractivity contribution in [1.29, 1.82) is 0 Å². The summed E-state index contributed by atoms with van der Waals surface area (Å²) >= 11 is 0. The zero-order valence-corrected chi connectivity index (χ0v) is 33.5. The molecule has 1 saturated heterocycles. The van der Waals surface area contributed by atoms with Gasteiger partial charge in [0.05, 0.1) is 30.7 Å². The number of nitrogens with one attached hydrogen (secondary N) is 1. The summed E-state index contributed by atoms with van der Waals surface area (Å²) < 4.78 is 29.0. The fraction of sp³-hybridized carbons (Fsp3) is 0.767. The largest absolute Gasteiger partial charge is 0.465 e. The van der Waals surface area contributed by atoms with Gasteiger partial charge in [0.15, 0.2) is 9.84 Å². The average Bonchev–Trinajstić information content (AvgIpc) is 3.45. The molecule has 4 saturated carbocycles. The van der Waals surface area contributed by atoms with Crippen LogP contribution in [0.3, 0.4) is 0 Å². The fourth-order valence-corrected chi connectivity index (χ4v) is 15.3. The molecule has 1 heterocycles. The van der Waals surface area contributed by atoms with Gasteiger partial charge in [-0.15, -0.1) is 0 Å². The topological polar surface area (TPSA) is 92.8 Å². The molecule has 1 amide bonds. The minimum absolute atomic E-state index is 0.0115. The highest BCUT2D eigenvalue weighted by Crippen LogP contribution is 2.76. The summed E-state index contributed by atoms with van der Waals surface area (Å²) in [5.41, 5.74) is 3.72. The molecule has 6 aliphatic rings. The number of hydrogen-bond donors (Lipinski definition) is 1. The second-order valence-electron chi connectivity index (χ2n) is 19.4. The first-order valence-electron chi connectivity index (χ1n) is 20.0. The monoisotopic (exact) mass is 720 g/mol. The van der Waals surface area contributed by atoms with Crippen LogP contribution in [0.1, 0.15) is 122 Å². The van der Waals surface area contributed by atoms with Crippen LogP contribution >= 0.6 is 0 Å². The van der Waals surface area contributed by atoms with Crippen LogP contribution in [0.5, 0.6) is 0 Å².